The molecular weight excluding hydrogens is 386 g/mol. The van der Waals surface area contributed by atoms with Crippen LogP contribution in [0.1, 0.15) is 75.8 Å². The number of carbonyl (C=O) groups is 2. The number of nitrogens with one attached hydrogen (secondary N) is 1. The predicted octanol–water partition coefficient (Wildman–Crippen LogP) is 3.98. The second-order valence-corrected chi connectivity index (χ2v) is 9.72. The van der Waals surface area contributed by atoms with E-state index in [0.717, 1.165) is 5.76 Å². The number of rotatable bonds is 3. The molecule has 166 valence electrons. The molecule has 2 aliphatic heterocycles. The molecule has 0 bridgehead atoms. The summed E-state index contributed by atoms with van der Waals surface area (Å²) in [6, 6.07) is 1.86. The van der Waals surface area contributed by atoms with Gasteiger partial charge in [0.2, 0.25) is 5.90 Å². The molecule has 1 spiro atoms. The fourth-order valence-electron chi connectivity index (χ4n) is 3.59. The number of hydrogen-bond acceptors (Lipinski definition) is 6. The fraction of sp³-hybridized carbons (Fsp3) is 0.682. The van der Waals surface area contributed by atoms with Crippen molar-refractivity contribution in [3.63, 3.8) is 0 Å². The van der Waals surface area contributed by atoms with Gasteiger partial charge in [0.25, 0.3) is 5.91 Å². The summed E-state index contributed by atoms with van der Waals surface area (Å²) in [5, 5.41) is 6.67. The standard InChI is InChI=1S/C22H33N3O5/c1-14(2)13-23-20(27)29-18-12-22(30-24-18)7-9-25(10-8-22)19(26)16-11-17(21(4,5)6)28-15(16)3/h11,14H,7-10,12-13H2,1-6H3,(H,23,27). The zero-order valence-electron chi connectivity index (χ0n) is 18.8. The third-order valence-electron chi connectivity index (χ3n) is 5.53. The lowest BCUT2D eigenvalue weighted by atomic mass is 9.88. The van der Waals surface area contributed by atoms with Gasteiger partial charge < -0.3 is 24.2 Å². The van der Waals surface area contributed by atoms with E-state index in [4.69, 9.17) is 14.0 Å². The fourth-order valence-corrected chi connectivity index (χ4v) is 3.59. The summed E-state index contributed by atoms with van der Waals surface area (Å²) in [6.45, 7) is 13.7. The van der Waals surface area contributed by atoms with E-state index in [1.165, 1.54) is 0 Å². The van der Waals surface area contributed by atoms with Gasteiger partial charge in [0.05, 0.1) is 12.0 Å². The molecule has 0 aliphatic carbocycles. The van der Waals surface area contributed by atoms with Crippen LogP contribution < -0.4 is 5.32 Å². The van der Waals surface area contributed by atoms with E-state index in [0.29, 0.717) is 56.1 Å². The average molecular weight is 420 g/mol. The van der Waals surface area contributed by atoms with Gasteiger partial charge in [-0.1, -0.05) is 39.8 Å². The van der Waals surface area contributed by atoms with E-state index in [9.17, 15) is 9.59 Å². The number of carbonyl (C=O) groups excluding carboxylic acids is 2. The molecule has 3 heterocycles. The van der Waals surface area contributed by atoms with Crippen molar-refractivity contribution in [2.75, 3.05) is 19.6 Å². The number of alkyl carbamates (subject to hydrolysis) is 1. The van der Waals surface area contributed by atoms with Crippen LogP contribution in [0.5, 0.6) is 0 Å². The Morgan fingerprint density at radius 2 is 1.97 bits per heavy atom. The number of hydrogen-bond donors (Lipinski definition) is 1. The number of aryl methyl sites for hydroxylation is 1. The smallest absolute Gasteiger partial charge is 0.413 e. The monoisotopic (exact) mass is 419 g/mol. The Labute approximate surface area is 177 Å². The molecule has 0 atom stereocenters. The highest BCUT2D eigenvalue weighted by atomic mass is 16.7. The Morgan fingerprint density at radius 1 is 1.30 bits per heavy atom. The molecule has 0 saturated carbocycles. The van der Waals surface area contributed by atoms with Crippen molar-refractivity contribution in [2.24, 2.45) is 11.1 Å². The summed E-state index contributed by atoms with van der Waals surface area (Å²) >= 11 is 0. The minimum atomic E-state index is -0.513. The molecule has 0 radical (unpaired) electrons. The normalized spacial score (nSPS) is 18.4. The van der Waals surface area contributed by atoms with Gasteiger partial charge in [-0.05, 0) is 18.9 Å². The number of piperidine rings is 1. The van der Waals surface area contributed by atoms with E-state index >= 15 is 0 Å². The lowest BCUT2D eigenvalue weighted by molar-refractivity contribution is -0.0568. The quantitative estimate of drug-likeness (QED) is 0.800. The lowest BCUT2D eigenvalue weighted by Gasteiger charge is -2.36. The van der Waals surface area contributed by atoms with E-state index in [-0.39, 0.29) is 17.2 Å². The summed E-state index contributed by atoms with van der Waals surface area (Å²) in [5.41, 5.74) is -0.0421. The number of furan rings is 1. The number of nitrogens with zero attached hydrogens (tertiary/aromatic N) is 2. The highest BCUT2D eigenvalue weighted by Crippen LogP contribution is 2.36. The topological polar surface area (TPSA) is 93.4 Å². The molecule has 8 heteroatoms. The zero-order chi connectivity index (χ0) is 22.1. The second-order valence-electron chi connectivity index (χ2n) is 9.72. The van der Waals surface area contributed by atoms with Crippen molar-refractivity contribution < 1.29 is 23.6 Å². The molecule has 0 unspecified atom stereocenters. The summed E-state index contributed by atoms with van der Waals surface area (Å²) < 4.78 is 11.1. The van der Waals surface area contributed by atoms with Gasteiger partial charge in [-0.3, -0.25) is 4.79 Å². The van der Waals surface area contributed by atoms with E-state index in [1.54, 1.807) is 0 Å². The van der Waals surface area contributed by atoms with E-state index in [2.05, 4.69) is 31.2 Å². The van der Waals surface area contributed by atoms with Crippen molar-refractivity contribution in [1.82, 2.24) is 10.2 Å². The van der Waals surface area contributed by atoms with Crippen LogP contribution in [0.15, 0.2) is 15.6 Å². The summed E-state index contributed by atoms with van der Waals surface area (Å²) in [4.78, 5) is 32.3. The van der Waals surface area contributed by atoms with Gasteiger partial charge in [-0.15, -0.1) is 0 Å². The minimum absolute atomic E-state index is 0.0231. The van der Waals surface area contributed by atoms with E-state index < -0.39 is 11.7 Å². The first-order valence-corrected chi connectivity index (χ1v) is 10.6. The maximum atomic E-state index is 13.0. The first kappa shape index (κ1) is 22.2. The molecule has 2 amide bonds. The molecule has 1 saturated heterocycles. The van der Waals surface area contributed by atoms with Crippen molar-refractivity contribution in [2.45, 2.75) is 71.8 Å². The molecule has 1 N–H and O–H groups in total. The highest BCUT2D eigenvalue weighted by Gasteiger charge is 2.44. The number of amides is 2. The summed E-state index contributed by atoms with van der Waals surface area (Å²) in [6.07, 6.45) is 1.18. The van der Waals surface area contributed by atoms with Crippen LogP contribution in [0.2, 0.25) is 0 Å². The maximum absolute atomic E-state index is 13.0. The Hall–Kier alpha value is -2.51. The average Bonchev–Trinajstić information content (AvgIpc) is 3.24. The third kappa shape index (κ3) is 4.96. The van der Waals surface area contributed by atoms with Crippen LogP contribution in [0.3, 0.4) is 0 Å². The van der Waals surface area contributed by atoms with Crippen LogP contribution in [0.4, 0.5) is 4.79 Å². The van der Waals surface area contributed by atoms with Crippen molar-refractivity contribution in [3.8, 4) is 0 Å². The van der Waals surface area contributed by atoms with Crippen molar-refractivity contribution in [1.29, 1.82) is 0 Å². The van der Waals surface area contributed by atoms with Gasteiger partial charge in [-0.25, -0.2) is 4.79 Å². The molecule has 0 aromatic carbocycles. The third-order valence-corrected chi connectivity index (χ3v) is 5.53. The zero-order valence-corrected chi connectivity index (χ0v) is 18.8. The van der Waals surface area contributed by atoms with Gasteiger partial charge in [0.1, 0.15) is 17.1 Å². The first-order chi connectivity index (χ1) is 14.0. The Bertz CT molecular complexity index is 826. The second kappa shape index (κ2) is 8.32. The number of ether oxygens (including phenoxy) is 1. The Balaban J connectivity index is 1.54. The van der Waals surface area contributed by atoms with Crippen molar-refractivity contribution in [3.05, 3.63) is 23.2 Å². The molecule has 3 rings (SSSR count). The van der Waals surface area contributed by atoms with Crippen LogP contribution in [0.25, 0.3) is 0 Å². The van der Waals surface area contributed by atoms with Crippen LogP contribution in [-0.4, -0.2) is 48.0 Å². The van der Waals surface area contributed by atoms with E-state index in [1.807, 2.05) is 31.7 Å². The summed E-state index contributed by atoms with van der Waals surface area (Å²) in [5.74, 6) is 2.06. The lowest BCUT2D eigenvalue weighted by Crippen LogP contribution is -2.47. The first-order valence-electron chi connectivity index (χ1n) is 10.6. The Morgan fingerprint density at radius 3 is 2.53 bits per heavy atom. The van der Waals surface area contributed by atoms with Gasteiger partial charge in [-0.2, -0.15) is 0 Å². The highest BCUT2D eigenvalue weighted by molar-refractivity contribution is 5.95. The Kier molecular flexibility index (Phi) is 6.15. The molecule has 30 heavy (non-hydrogen) atoms. The predicted molar refractivity (Wildman–Crippen MR) is 112 cm³/mol. The van der Waals surface area contributed by atoms with Crippen LogP contribution in [0, 0.1) is 12.8 Å². The minimum Gasteiger partial charge on any atom is -0.465 e. The van der Waals surface area contributed by atoms with Crippen molar-refractivity contribution >= 4 is 17.9 Å². The SMILES string of the molecule is Cc1oc(C(C)(C)C)cc1C(=O)N1CCC2(CC1)CC(OC(=O)NCC(C)C)=NO2. The van der Waals surface area contributed by atoms with Gasteiger partial charge in [0.15, 0.2) is 0 Å². The number of likely N-dealkylation sites (tertiary alicyclic amines) is 1. The largest absolute Gasteiger partial charge is 0.465 e. The summed E-state index contributed by atoms with van der Waals surface area (Å²) in [7, 11) is 0. The van der Waals surface area contributed by atoms with Crippen LogP contribution in [-0.2, 0) is 15.0 Å². The van der Waals surface area contributed by atoms with Crippen LogP contribution >= 0.6 is 0 Å². The molecule has 1 aromatic heterocycles. The molecular formula is C22H33N3O5. The molecule has 1 fully saturated rings. The maximum Gasteiger partial charge on any atom is 0.413 e. The van der Waals surface area contributed by atoms with Gasteiger partial charge >= 0.3 is 6.09 Å². The molecule has 1 aromatic rings. The molecule has 2 aliphatic rings. The molecule has 8 nitrogen and oxygen atoms in total. The van der Waals surface area contributed by atoms with Gasteiger partial charge in [0, 0.05) is 37.9 Å². The number of oxime groups is 1.